The van der Waals surface area contributed by atoms with Gasteiger partial charge in [0.2, 0.25) is 5.88 Å². The quantitative estimate of drug-likeness (QED) is 0.682. The molecule has 5 nitrogen and oxygen atoms in total. The largest absolute Gasteiger partial charge is 0.481 e. The first-order valence-corrected chi connectivity index (χ1v) is 6.55. The fourth-order valence-corrected chi connectivity index (χ4v) is 1.85. The molecule has 1 aromatic heterocycles. The van der Waals surface area contributed by atoms with Gasteiger partial charge in [-0.05, 0) is 13.3 Å². The van der Waals surface area contributed by atoms with Crippen molar-refractivity contribution in [3.05, 3.63) is 11.3 Å². The summed E-state index contributed by atoms with van der Waals surface area (Å²) in [4.78, 5) is 0. The Bertz CT molecular complexity index is 350. The Morgan fingerprint density at radius 1 is 1.33 bits per heavy atom. The summed E-state index contributed by atoms with van der Waals surface area (Å²) in [7, 11) is 3.57. The molecule has 0 aromatic carbocycles. The van der Waals surface area contributed by atoms with Crippen molar-refractivity contribution in [1.82, 2.24) is 15.1 Å². The molecule has 0 amide bonds. The first kappa shape index (κ1) is 15.0. The first-order chi connectivity index (χ1) is 8.70. The van der Waals surface area contributed by atoms with Crippen LogP contribution in [0.2, 0.25) is 0 Å². The second-order valence-corrected chi connectivity index (χ2v) is 4.34. The molecular weight excluding hydrogens is 230 g/mol. The van der Waals surface area contributed by atoms with Gasteiger partial charge in [-0.3, -0.25) is 0 Å². The second-order valence-electron chi connectivity index (χ2n) is 4.34. The number of hydrogen-bond acceptors (Lipinski definition) is 4. The van der Waals surface area contributed by atoms with Crippen molar-refractivity contribution in [3.8, 4) is 5.88 Å². The Morgan fingerprint density at radius 2 is 2.11 bits per heavy atom. The molecular formula is C13H25N3O2. The fraction of sp³-hybridized carbons (Fsp3) is 0.769. The van der Waals surface area contributed by atoms with Crippen molar-refractivity contribution in [3.63, 3.8) is 0 Å². The van der Waals surface area contributed by atoms with E-state index in [0.29, 0.717) is 0 Å². The van der Waals surface area contributed by atoms with Crippen molar-refractivity contribution in [1.29, 1.82) is 0 Å². The molecule has 0 spiro atoms. The predicted molar refractivity (Wildman–Crippen MR) is 71.9 cm³/mol. The number of methoxy groups -OCH3 is 1. The average molecular weight is 255 g/mol. The highest BCUT2D eigenvalue weighted by atomic mass is 16.5. The smallest absolute Gasteiger partial charge is 0.216 e. The molecule has 1 rings (SSSR count). The topological polar surface area (TPSA) is 48.3 Å². The van der Waals surface area contributed by atoms with Crippen LogP contribution in [0.15, 0.2) is 0 Å². The van der Waals surface area contributed by atoms with E-state index in [1.165, 1.54) is 6.42 Å². The van der Waals surface area contributed by atoms with Crippen LogP contribution in [0, 0.1) is 6.92 Å². The SMILES string of the molecule is CCCCOCCNCc1c(C)nn(C)c1OC. The van der Waals surface area contributed by atoms with Crippen LogP contribution < -0.4 is 10.1 Å². The zero-order valence-electron chi connectivity index (χ0n) is 12.0. The fourth-order valence-electron chi connectivity index (χ4n) is 1.85. The van der Waals surface area contributed by atoms with Gasteiger partial charge in [0, 0.05) is 26.7 Å². The highest BCUT2D eigenvalue weighted by Gasteiger charge is 2.12. The van der Waals surface area contributed by atoms with Gasteiger partial charge in [0.15, 0.2) is 0 Å². The van der Waals surface area contributed by atoms with E-state index in [-0.39, 0.29) is 0 Å². The van der Waals surface area contributed by atoms with E-state index in [1.807, 2.05) is 14.0 Å². The number of nitrogens with one attached hydrogen (secondary N) is 1. The highest BCUT2D eigenvalue weighted by Crippen LogP contribution is 2.20. The molecule has 0 aliphatic heterocycles. The molecule has 5 heteroatoms. The summed E-state index contributed by atoms with van der Waals surface area (Å²) in [5.41, 5.74) is 2.13. The lowest BCUT2D eigenvalue weighted by atomic mass is 10.2. The molecule has 0 saturated heterocycles. The van der Waals surface area contributed by atoms with Gasteiger partial charge in [0.05, 0.1) is 25.0 Å². The molecule has 0 fully saturated rings. The van der Waals surface area contributed by atoms with Crippen LogP contribution in [0.5, 0.6) is 5.88 Å². The van der Waals surface area contributed by atoms with Crippen LogP contribution in [0.1, 0.15) is 31.0 Å². The lowest BCUT2D eigenvalue weighted by molar-refractivity contribution is 0.133. The summed E-state index contributed by atoms with van der Waals surface area (Å²) in [6.45, 7) is 7.38. The molecule has 0 bridgehead atoms. The monoisotopic (exact) mass is 255 g/mol. The van der Waals surface area contributed by atoms with Gasteiger partial charge < -0.3 is 14.8 Å². The van der Waals surface area contributed by atoms with Crippen LogP contribution in [0.4, 0.5) is 0 Å². The maximum Gasteiger partial charge on any atom is 0.216 e. The maximum absolute atomic E-state index is 5.49. The molecule has 1 N–H and O–H groups in total. The van der Waals surface area contributed by atoms with Crippen LogP contribution in [-0.4, -0.2) is 36.6 Å². The van der Waals surface area contributed by atoms with Crippen molar-refractivity contribution >= 4 is 0 Å². The van der Waals surface area contributed by atoms with Crippen molar-refractivity contribution < 1.29 is 9.47 Å². The number of ether oxygens (including phenoxy) is 2. The zero-order chi connectivity index (χ0) is 13.4. The normalized spacial score (nSPS) is 10.9. The first-order valence-electron chi connectivity index (χ1n) is 6.55. The lowest BCUT2D eigenvalue weighted by Crippen LogP contribution is -2.20. The van der Waals surface area contributed by atoms with Gasteiger partial charge in [-0.25, -0.2) is 4.68 Å². The molecule has 1 heterocycles. The summed E-state index contributed by atoms with van der Waals surface area (Å²) < 4.78 is 12.6. The van der Waals surface area contributed by atoms with Crippen molar-refractivity contribution in [2.75, 3.05) is 26.9 Å². The molecule has 0 atom stereocenters. The van der Waals surface area contributed by atoms with Gasteiger partial charge in [0.1, 0.15) is 0 Å². The molecule has 0 unspecified atom stereocenters. The molecule has 0 aliphatic rings. The number of rotatable bonds is 9. The van der Waals surface area contributed by atoms with Gasteiger partial charge in [-0.2, -0.15) is 5.10 Å². The Hall–Kier alpha value is -1.07. The van der Waals surface area contributed by atoms with E-state index in [0.717, 1.165) is 49.9 Å². The Morgan fingerprint density at radius 3 is 2.78 bits per heavy atom. The van der Waals surface area contributed by atoms with Gasteiger partial charge >= 0.3 is 0 Å². The van der Waals surface area contributed by atoms with Gasteiger partial charge in [-0.1, -0.05) is 13.3 Å². The lowest BCUT2D eigenvalue weighted by Gasteiger charge is -2.07. The number of nitrogens with zero attached hydrogens (tertiary/aromatic N) is 2. The van der Waals surface area contributed by atoms with Crippen molar-refractivity contribution in [2.24, 2.45) is 7.05 Å². The predicted octanol–water partition coefficient (Wildman–Crippen LogP) is 1.64. The van der Waals surface area contributed by atoms with E-state index in [9.17, 15) is 0 Å². The van der Waals surface area contributed by atoms with E-state index >= 15 is 0 Å². The minimum atomic E-state index is 0.752. The van der Waals surface area contributed by atoms with E-state index in [4.69, 9.17) is 9.47 Å². The van der Waals surface area contributed by atoms with Gasteiger partial charge in [0.25, 0.3) is 0 Å². The molecule has 1 aromatic rings. The molecule has 0 aliphatic carbocycles. The van der Waals surface area contributed by atoms with Crippen LogP contribution >= 0.6 is 0 Å². The Labute approximate surface area is 109 Å². The second kappa shape index (κ2) is 8.11. The molecule has 0 radical (unpaired) electrons. The van der Waals surface area contributed by atoms with E-state index in [1.54, 1.807) is 11.8 Å². The average Bonchev–Trinajstić information content (AvgIpc) is 2.62. The molecule has 18 heavy (non-hydrogen) atoms. The van der Waals surface area contributed by atoms with Crippen LogP contribution in [0.3, 0.4) is 0 Å². The summed E-state index contributed by atoms with van der Waals surface area (Å²) >= 11 is 0. The summed E-state index contributed by atoms with van der Waals surface area (Å²) in [5, 5.41) is 7.69. The third kappa shape index (κ3) is 4.31. The van der Waals surface area contributed by atoms with Crippen LogP contribution in [-0.2, 0) is 18.3 Å². The van der Waals surface area contributed by atoms with E-state index in [2.05, 4.69) is 17.3 Å². The number of aryl methyl sites for hydroxylation is 2. The third-order valence-corrected chi connectivity index (χ3v) is 2.85. The number of aromatic nitrogens is 2. The number of unbranched alkanes of at least 4 members (excludes halogenated alkanes) is 1. The minimum Gasteiger partial charge on any atom is -0.481 e. The summed E-state index contributed by atoms with van der Waals surface area (Å²) in [5.74, 6) is 0.826. The summed E-state index contributed by atoms with van der Waals surface area (Å²) in [6, 6.07) is 0. The maximum atomic E-state index is 5.49. The highest BCUT2D eigenvalue weighted by molar-refractivity contribution is 5.30. The summed E-state index contributed by atoms with van der Waals surface area (Å²) in [6.07, 6.45) is 2.31. The zero-order valence-corrected chi connectivity index (χ0v) is 12.0. The molecule has 0 saturated carbocycles. The van der Waals surface area contributed by atoms with Crippen LogP contribution in [0.25, 0.3) is 0 Å². The Kier molecular flexibility index (Phi) is 6.75. The standard InChI is InChI=1S/C13H25N3O2/c1-5-6-8-18-9-7-14-10-12-11(2)15-16(3)13(12)17-4/h14H,5-10H2,1-4H3. The third-order valence-electron chi connectivity index (χ3n) is 2.85. The van der Waals surface area contributed by atoms with Crippen molar-refractivity contribution in [2.45, 2.75) is 33.2 Å². The molecule has 104 valence electrons. The number of hydrogen-bond donors (Lipinski definition) is 1. The minimum absolute atomic E-state index is 0.752. The Balaban J connectivity index is 2.27. The van der Waals surface area contributed by atoms with E-state index < -0.39 is 0 Å². The van der Waals surface area contributed by atoms with Gasteiger partial charge in [-0.15, -0.1) is 0 Å².